The van der Waals surface area contributed by atoms with Crippen LogP contribution in [0.5, 0.6) is 0 Å². The lowest BCUT2D eigenvalue weighted by molar-refractivity contribution is 0.620. The van der Waals surface area contributed by atoms with Crippen molar-refractivity contribution in [2.24, 2.45) is 0 Å². The molecule has 0 saturated heterocycles. The summed E-state index contributed by atoms with van der Waals surface area (Å²) >= 11 is 0. The molecule has 0 aliphatic carbocycles. The zero-order chi connectivity index (χ0) is 3.58. The van der Waals surface area contributed by atoms with E-state index in [1.54, 1.807) is 0 Å². The highest BCUT2D eigenvalue weighted by molar-refractivity contribution is 8.31. The first-order valence-electron chi connectivity index (χ1n) is 0.475. The number of hydrogen-bond donors (Lipinski definition) is 0. The minimum absolute atomic E-state index is 0. The molecule has 5 heavy (non-hydrogen) atoms. The molecule has 0 fully saturated rings. The lowest BCUT2D eigenvalue weighted by Crippen LogP contribution is -1.63. The maximum Gasteiger partial charge on any atom is 0.316 e. The molecule has 0 aromatic carbocycles. The SMILES string of the molecule is [MgH2].[O-][S+](Cl)Cl. The fraction of sp³-hybridized carbons (Fsp3) is 0. The third-order valence-electron chi connectivity index (χ3n) is 0. The molecule has 0 aromatic rings. The van der Waals surface area contributed by atoms with E-state index in [1.165, 1.54) is 0 Å². The van der Waals surface area contributed by atoms with Gasteiger partial charge in [0, 0.05) is 0 Å². The van der Waals surface area contributed by atoms with Crippen LogP contribution in [0.15, 0.2) is 0 Å². The van der Waals surface area contributed by atoms with Crippen LogP contribution in [0.2, 0.25) is 0 Å². The van der Waals surface area contributed by atoms with E-state index in [1.807, 2.05) is 0 Å². The van der Waals surface area contributed by atoms with Gasteiger partial charge in [-0.05, 0) is 0 Å². The predicted octanol–water partition coefficient (Wildman–Crippen LogP) is 0.127. The van der Waals surface area contributed by atoms with Gasteiger partial charge in [-0.2, -0.15) is 0 Å². The highest BCUT2D eigenvalue weighted by Gasteiger charge is 1.83. The Morgan fingerprint density at radius 2 is 1.40 bits per heavy atom. The minimum Gasteiger partial charge on any atom is -0.582 e. The summed E-state index contributed by atoms with van der Waals surface area (Å²) in [6, 6.07) is 0. The van der Waals surface area contributed by atoms with Crippen molar-refractivity contribution in [3.05, 3.63) is 0 Å². The molecule has 0 atom stereocenters. The summed E-state index contributed by atoms with van der Waals surface area (Å²) < 4.78 is 9.09. The smallest absolute Gasteiger partial charge is 0.316 e. The Balaban J connectivity index is 0. The molecule has 0 rings (SSSR count). The van der Waals surface area contributed by atoms with Crippen molar-refractivity contribution in [3.63, 3.8) is 0 Å². The summed E-state index contributed by atoms with van der Waals surface area (Å²) in [5.41, 5.74) is 0. The van der Waals surface area contributed by atoms with Gasteiger partial charge in [0.2, 0.25) is 0 Å². The lowest BCUT2D eigenvalue weighted by Gasteiger charge is -1.73. The molecule has 0 N–H and O–H groups in total. The van der Waals surface area contributed by atoms with Crippen molar-refractivity contribution in [1.82, 2.24) is 0 Å². The molecule has 0 saturated carbocycles. The molecular formula is H2Cl2MgOS. The van der Waals surface area contributed by atoms with E-state index in [-0.39, 0.29) is 23.1 Å². The van der Waals surface area contributed by atoms with Gasteiger partial charge < -0.3 is 4.55 Å². The van der Waals surface area contributed by atoms with E-state index in [2.05, 4.69) is 21.4 Å². The Bertz CT molecular complexity index is 14.4. The van der Waals surface area contributed by atoms with Gasteiger partial charge in [-0.15, -0.1) is 0 Å². The van der Waals surface area contributed by atoms with Crippen molar-refractivity contribution < 1.29 is 4.55 Å². The molecule has 1 nitrogen and oxygen atoms in total. The summed E-state index contributed by atoms with van der Waals surface area (Å²) in [6.07, 6.45) is 0. The first-order valence-corrected chi connectivity index (χ1v) is 3.28. The molecule has 0 radical (unpaired) electrons. The molecule has 0 spiro atoms. The van der Waals surface area contributed by atoms with Crippen LogP contribution in [-0.4, -0.2) is 27.6 Å². The number of halogens is 2. The van der Waals surface area contributed by atoms with E-state index < -0.39 is 9.60 Å². The van der Waals surface area contributed by atoms with Gasteiger partial charge in [-0.3, -0.25) is 0 Å². The third kappa shape index (κ3) is 27.6. The highest BCUT2D eigenvalue weighted by atomic mass is 36.0. The first-order chi connectivity index (χ1) is 1.73. The van der Waals surface area contributed by atoms with Gasteiger partial charge in [0.05, 0.1) is 0 Å². The van der Waals surface area contributed by atoms with E-state index in [0.717, 1.165) is 0 Å². The molecule has 0 unspecified atom stereocenters. The van der Waals surface area contributed by atoms with E-state index in [4.69, 9.17) is 4.55 Å². The quantitative estimate of drug-likeness (QED) is 0.351. The topological polar surface area (TPSA) is 23.1 Å². The maximum atomic E-state index is 9.09. The maximum absolute atomic E-state index is 9.09. The van der Waals surface area contributed by atoms with Crippen LogP contribution in [0.3, 0.4) is 0 Å². The summed E-state index contributed by atoms with van der Waals surface area (Å²) in [7, 11) is 7.36. The number of rotatable bonds is 0. The summed E-state index contributed by atoms with van der Waals surface area (Å²) in [5.74, 6) is 0. The molecule has 5 heteroatoms. The first kappa shape index (κ1) is 9.82. The normalized spacial score (nSPS) is 7.20. The summed E-state index contributed by atoms with van der Waals surface area (Å²) in [4.78, 5) is 0. The van der Waals surface area contributed by atoms with Crippen molar-refractivity contribution in [2.75, 3.05) is 0 Å². The van der Waals surface area contributed by atoms with Crippen LogP contribution in [0.1, 0.15) is 0 Å². The van der Waals surface area contributed by atoms with Gasteiger partial charge in [0.15, 0.2) is 31.0 Å². The fourth-order valence-electron chi connectivity index (χ4n) is 0. The van der Waals surface area contributed by atoms with E-state index >= 15 is 0 Å². The van der Waals surface area contributed by atoms with E-state index in [0.29, 0.717) is 0 Å². The molecular weight excluding hydrogens is 143 g/mol. The average Bonchev–Trinajstić information content (AvgIpc) is 0.811. The Morgan fingerprint density at radius 1 is 1.40 bits per heavy atom. The second kappa shape index (κ2) is 5.66. The minimum atomic E-state index is -1.67. The van der Waals surface area contributed by atoms with Crippen molar-refractivity contribution in [1.29, 1.82) is 0 Å². The highest BCUT2D eigenvalue weighted by Crippen LogP contribution is 1.98. The second-order valence-electron chi connectivity index (χ2n) is 0.184. The molecule has 0 aliphatic rings. The molecule has 0 aromatic heterocycles. The summed E-state index contributed by atoms with van der Waals surface area (Å²) in [5, 5.41) is 0. The molecule has 0 heterocycles. The second-order valence-corrected chi connectivity index (χ2v) is 2.71. The van der Waals surface area contributed by atoms with Gasteiger partial charge in [0.1, 0.15) is 0 Å². The Kier molecular flexibility index (Phi) is 11.1. The van der Waals surface area contributed by atoms with Crippen molar-refractivity contribution in [3.8, 4) is 0 Å². The van der Waals surface area contributed by atoms with Crippen LogP contribution in [0, 0.1) is 0 Å². The van der Waals surface area contributed by atoms with Crippen LogP contribution < -0.4 is 0 Å². The van der Waals surface area contributed by atoms with Gasteiger partial charge in [0.25, 0.3) is 0 Å². The number of hydrogen-bond acceptors (Lipinski definition) is 1. The van der Waals surface area contributed by atoms with Crippen LogP contribution >= 0.6 is 21.4 Å². The van der Waals surface area contributed by atoms with Crippen molar-refractivity contribution in [2.45, 2.75) is 0 Å². The monoisotopic (exact) mass is 144 g/mol. The Labute approximate surface area is 58.4 Å². The standard InChI is InChI=1S/Cl2OS.Mg.2H/c1-4(2)3;;;. The molecule has 0 aliphatic heterocycles. The third-order valence-corrected chi connectivity index (χ3v) is 0. The zero-order valence-corrected chi connectivity index (χ0v) is 3.90. The van der Waals surface area contributed by atoms with Crippen LogP contribution in [0.4, 0.5) is 0 Å². The Hall–Kier alpha value is 1.66. The summed E-state index contributed by atoms with van der Waals surface area (Å²) in [6.45, 7) is 0. The lowest BCUT2D eigenvalue weighted by atomic mass is 15.9. The largest absolute Gasteiger partial charge is 0.582 e. The Morgan fingerprint density at radius 3 is 1.40 bits per heavy atom. The zero-order valence-electron chi connectivity index (χ0n) is 1.57. The van der Waals surface area contributed by atoms with Gasteiger partial charge in [-0.25, -0.2) is 0 Å². The molecule has 0 bridgehead atoms. The van der Waals surface area contributed by atoms with Gasteiger partial charge in [-0.1, -0.05) is 0 Å². The van der Waals surface area contributed by atoms with Gasteiger partial charge >= 0.3 is 23.1 Å². The fourth-order valence-corrected chi connectivity index (χ4v) is 0. The van der Waals surface area contributed by atoms with E-state index in [9.17, 15) is 0 Å². The van der Waals surface area contributed by atoms with Crippen LogP contribution in [0.25, 0.3) is 0 Å². The average molecular weight is 145 g/mol. The molecule has 30 valence electrons. The molecule has 0 amide bonds. The predicted molar refractivity (Wildman–Crippen MR) is 28.4 cm³/mol. The van der Waals surface area contributed by atoms with Crippen molar-refractivity contribution >= 4 is 54.0 Å². The van der Waals surface area contributed by atoms with Crippen LogP contribution in [-0.2, 0) is 9.60 Å².